The van der Waals surface area contributed by atoms with Crippen LogP contribution < -0.4 is 10.5 Å². The van der Waals surface area contributed by atoms with Gasteiger partial charge < -0.3 is 10.5 Å². The molecule has 3 nitrogen and oxygen atoms in total. The summed E-state index contributed by atoms with van der Waals surface area (Å²) in [6.45, 7) is 0.533. The highest BCUT2D eigenvalue weighted by molar-refractivity contribution is 7.15. The Kier molecular flexibility index (Phi) is 3.19. The molecule has 0 saturated heterocycles. The predicted molar refractivity (Wildman–Crippen MR) is 79.5 cm³/mol. The van der Waals surface area contributed by atoms with E-state index in [4.69, 9.17) is 10.5 Å². The molecule has 4 heteroatoms. The molecule has 0 aliphatic carbocycles. The maximum atomic E-state index is 5.65. The third-order valence-electron chi connectivity index (χ3n) is 3.09. The van der Waals surface area contributed by atoms with Crippen LogP contribution in [0.15, 0.2) is 42.6 Å². The first-order valence-electron chi connectivity index (χ1n) is 6.04. The molecule has 2 N–H and O–H groups in total. The van der Waals surface area contributed by atoms with Crippen LogP contribution in [0.1, 0.15) is 4.88 Å². The Hall–Kier alpha value is -1.91. The van der Waals surface area contributed by atoms with Gasteiger partial charge in [0.1, 0.15) is 10.8 Å². The van der Waals surface area contributed by atoms with E-state index in [1.807, 2.05) is 24.4 Å². The average Bonchev–Trinajstić information content (AvgIpc) is 2.95. The number of methoxy groups -OCH3 is 1. The molecule has 0 atom stereocenters. The second kappa shape index (κ2) is 4.99. The second-order valence-electron chi connectivity index (χ2n) is 4.20. The maximum Gasteiger partial charge on any atom is 0.126 e. The van der Waals surface area contributed by atoms with Gasteiger partial charge in [-0.15, -0.1) is 11.3 Å². The number of hydrogen-bond acceptors (Lipinski definition) is 4. The van der Waals surface area contributed by atoms with Crippen molar-refractivity contribution in [3.8, 4) is 16.3 Å². The molecule has 0 saturated carbocycles. The number of aromatic nitrogens is 1. The van der Waals surface area contributed by atoms with E-state index in [2.05, 4.69) is 23.2 Å². The summed E-state index contributed by atoms with van der Waals surface area (Å²) in [4.78, 5) is 5.55. The summed E-state index contributed by atoms with van der Waals surface area (Å²) in [7, 11) is 1.69. The number of hydrogen-bond donors (Lipinski definition) is 1. The minimum absolute atomic E-state index is 0.533. The smallest absolute Gasteiger partial charge is 0.126 e. The van der Waals surface area contributed by atoms with Gasteiger partial charge in [-0.25, -0.2) is 4.98 Å². The first-order chi connectivity index (χ1) is 9.33. The largest absolute Gasteiger partial charge is 0.496 e. The third kappa shape index (κ3) is 2.09. The zero-order valence-electron chi connectivity index (χ0n) is 10.6. The summed E-state index contributed by atoms with van der Waals surface area (Å²) in [6, 6.07) is 12.2. The monoisotopic (exact) mass is 270 g/mol. The van der Waals surface area contributed by atoms with Crippen molar-refractivity contribution < 1.29 is 4.74 Å². The van der Waals surface area contributed by atoms with E-state index in [1.165, 1.54) is 0 Å². The lowest BCUT2D eigenvalue weighted by atomic mass is 10.0. The van der Waals surface area contributed by atoms with Crippen molar-refractivity contribution in [1.29, 1.82) is 0 Å². The van der Waals surface area contributed by atoms with Crippen LogP contribution >= 0.6 is 11.3 Å². The molecule has 3 rings (SSSR count). The van der Waals surface area contributed by atoms with Gasteiger partial charge in [-0.3, -0.25) is 0 Å². The molecule has 19 heavy (non-hydrogen) atoms. The number of benzene rings is 2. The Bertz CT molecular complexity index is 721. The van der Waals surface area contributed by atoms with Crippen LogP contribution in [0.5, 0.6) is 5.75 Å². The lowest BCUT2D eigenvalue weighted by Gasteiger charge is -2.08. The van der Waals surface area contributed by atoms with Crippen molar-refractivity contribution in [3.63, 3.8) is 0 Å². The fraction of sp³-hybridized carbons (Fsp3) is 0.133. The first kappa shape index (κ1) is 12.1. The Morgan fingerprint density at radius 3 is 2.63 bits per heavy atom. The molecule has 0 unspecified atom stereocenters. The van der Waals surface area contributed by atoms with Crippen LogP contribution in [0.2, 0.25) is 0 Å². The Morgan fingerprint density at radius 2 is 1.95 bits per heavy atom. The summed E-state index contributed by atoms with van der Waals surface area (Å²) < 4.78 is 5.41. The van der Waals surface area contributed by atoms with Crippen LogP contribution in [0, 0.1) is 0 Å². The van der Waals surface area contributed by atoms with E-state index in [0.717, 1.165) is 32.0 Å². The molecular formula is C15H14N2OS. The highest BCUT2D eigenvalue weighted by atomic mass is 32.1. The van der Waals surface area contributed by atoms with Gasteiger partial charge in [0.05, 0.1) is 7.11 Å². The van der Waals surface area contributed by atoms with Crippen molar-refractivity contribution in [3.05, 3.63) is 47.5 Å². The molecule has 0 spiro atoms. The van der Waals surface area contributed by atoms with E-state index in [0.29, 0.717) is 6.54 Å². The SMILES string of the molecule is COc1ccc(-c2ncc(CN)s2)c2ccccc12. The predicted octanol–water partition coefficient (Wildman–Crippen LogP) is 3.43. The summed E-state index contributed by atoms with van der Waals surface area (Å²) >= 11 is 1.64. The normalized spacial score (nSPS) is 10.8. The zero-order valence-corrected chi connectivity index (χ0v) is 11.4. The van der Waals surface area contributed by atoms with Crippen molar-refractivity contribution in [2.24, 2.45) is 5.73 Å². The molecule has 3 aromatic rings. The second-order valence-corrected chi connectivity index (χ2v) is 5.31. The van der Waals surface area contributed by atoms with Gasteiger partial charge in [-0.2, -0.15) is 0 Å². The summed E-state index contributed by atoms with van der Waals surface area (Å²) in [5.74, 6) is 0.884. The standard InChI is InChI=1S/C15H14N2OS/c1-18-14-7-6-13(11-4-2-3-5-12(11)14)15-17-9-10(8-16)19-15/h2-7,9H,8,16H2,1H3. The number of nitrogens with zero attached hydrogens (tertiary/aromatic N) is 1. The number of fused-ring (bicyclic) bond motifs is 1. The average molecular weight is 270 g/mol. The molecule has 2 aromatic carbocycles. The van der Waals surface area contributed by atoms with Crippen LogP contribution in [0.25, 0.3) is 21.3 Å². The van der Waals surface area contributed by atoms with Gasteiger partial charge in [0.2, 0.25) is 0 Å². The Labute approximate surface area is 115 Å². The topological polar surface area (TPSA) is 48.1 Å². The lowest BCUT2D eigenvalue weighted by molar-refractivity contribution is 0.420. The minimum atomic E-state index is 0.533. The summed E-state index contributed by atoms with van der Waals surface area (Å²) in [5, 5.41) is 3.26. The molecule has 96 valence electrons. The van der Waals surface area contributed by atoms with Crippen LogP contribution in [-0.2, 0) is 6.54 Å². The van der Waals surface area contributed by atoms with E-state index in [-0.39, 0.29) is 0 Å². The summed E-state index contributed by atoms with van der Waals surface area (Å²) in [6.07, 6.45) is 1.85. The zero-order chi connectivity index (χ0) is 13.2. The molecule has 1 heterocycles. The molecule has 0 fully saturated rings. The fourth-order valence-corrected chi connectivity index (χ4v) is 2.99. The first-order valence-corrected chi connectivity index (χ1v) is 6.86. The van der Waals surface area contributed by atoms with E-state index in [1.54, 1.807) is 18.4 Å². The molecule has 0 aliphatic rings. The van der Waals surface area contributed by atoms with Gasteiger partial charge in [0.25, 0.3) is 0 Å². The lowest BCUT2D eigenvalue weighted by Crippen LogP contribution is -1.91. The quantitative estimate of drug-likeness (QED) is 0.793. The van der Waals surface area contributed by atoms with Crippen LogP contribution in [0.3, 0.4) is 0 Å². The Balaban J connectivity index is 2.24. The highest BCUT2D eigenvalue weighted by Crippen LogP contribution is 2.35. The minimum Gasteiger partial charge on any atom is -0.496 e. The third-order valence-corrected chi connectivity index (χ3v) is 4.14. The van der Waals surface area contributed by atoms with Crippen molar-refractivity contribution in [1.82, 2.24) is 4.98 Å². The highest BCUT2D eigenvalue weighted by Gasteiger charge is 2.10. The molecule has 0 aliphatic heterocycles. The number of nitrogens with two attached hydrogens (primary N) is 1. The van der Waals surface area contributed by atoms with Gasteiger partial charge in [0.15, 0.2) is 0 Å². The molecule has 1 aromatic heterocycles. The van der Waals surface area contributed by atoms with Crippen LogP contribution in [-0.4, -0.2) is 12.1 Å². The van der Waals surface area contributed by atoms with Gasteiger partial charge in [-0.05, 0) is 17.5 Å². The van der Waals surface area contributed by atoms with E-state index >= 15 is 0 Å². The molecular weight excluding hydrogens is 256 g/mol. The fourth-order valence-electron chi connectivity index (χ4n) is 2.16. The van der Waals surface area contributed by atoms with E-state index in [9.17, 15) is 0 Å². The van der Waals surface area contributed by atoms with E-state index < -0.39 is 0 Å². The molecule has 0 amide bonds. The van der Waals surface area contributed by atoms with Crippen molar-refractivity contribution in [2.75, 3.05) is 7.11 Å². The molecule has 0 radical (unpaired) electrons. The summed E-state index contributed by atoms with van der Waals surface area (Å²) in [5.41, 5.74) is 6.78. The number of ether oxygens (including phenoxy) is 1. The van der Waals surface area contributed by atoms with Crippen LogP contribution in [0.4, 0.5) is 0 Å². The van der Waals surface area contributed by atoms with Crippen molar-refractivity contribution >= 4 is 22.1 Å². The maximum absolute atomic E-state index is 5.65. The van der Waals surface area contributed by atoms with Gasteiger partial charge >= 0.3 is 0 Å². The van der Waals surface area contributed by atoms with Gasteiger partial charge in [0, 0.05) is 28.6 Å². The van der Waals surface area contributed by atoms with Crippen molar-refractivity contribution in [2.45, 2.75) is 6.54 Å². The Morgan fingerprint density at radius 1 is 1.16 bits per heavy atom. The number of thiazole rings is 1. The van der Waals surface area contributed by atoms with Gasteiger partial charge in [-0.1, -0.05) is 24.3 Å². The number of rotatable bonds is 3. The molecule has 0 bridgehead atoms.